The van der Waals surface area contributed by atoms with Crippen molar-refractivity contribution in [3.63, 3.8) is 0 Å². The number of H-pyrrole nitrogens is 1. The number of fused-ring (bicyclic) bond motifs is 5. The number of ether oxygens (including phenoxy) is 2. The van der Waals surface area contributed by atoms with E-state index in [-0.39, 0.29) is 35.5 Å². The standard InChI is InChI=1S/C22H21ClFN5O3/c1-3-31-9-12-8-27-22(23)29-20(12)32-21-16(24)14-11(7-26-21)4-5-13-15-17(28-18(13)14)10(2)6-25-19(15)30/h7-8,10,28H,3-6,9H2,1-2H3,(H,25,30)/t10-/m1/s1. The number of hydrogen-bond acceptors (Lipinski definition) is 6. The Morgan fingerprint density at radius 2 is 2.06 bits per heavy atom. The number of rotatable bonds is 5. The van der Waals surface area contributed by atoms with E-state index in [0.29, 0.717) is 48.4 Å². The third-order valence-electron chi connectivity index (χ3n) is 5.83. The quantitative estimate of drug-likeness (QED) is 0.563. The van der Waals surface area contributed by atoms with Gasteiger partial charge in [0.25, 0.3) is 11.8 Å². The molecule has 8 nitrogen and oxygen atoms in total. The van der Waals surface area contributed by atoms with Crippen molar-refractivity contribution in [1.29, 1.82) is 0 Å². The monoisotopic (exact) mass is 457 g/mol. The van der Waals surface area contributed by atoms with Crippen LogP contribution < -0.4 is 10.1 Å². The number of aryl methyl sites for hydroxylation is 1. The minimum atomic E-state index is -0.618. The first-order valence-corrected chi connectivity index (χ1v) is 10.8. The lowest BCUT2D eigenvalue weighted by Crippen LogP contribution is -2.34. The van der Waals surface area contributed by atoms with E-state index < -0.39 is 5.82 Å². The van der Waals surface area contributed by atoms with Crippen molar-refractivity contribution in [3.05, 3.63) is 51.4 Å². The van der Waals surface area contributed by atoms with Crippen LogP contribution in [0.25, 0.3) is 11.3 Å². The molecule has 3 aromatic rings. The van der Waals surface area contributed by atoms with Crippen LogP contribution >= 0.6 is 11.6 Å². The van der Waals surface area contributed by atoms with Gasteiger partial charge in [-0.15, -0.1) is 0 Å². The third-order valence-corrected chi connectivity index (χ3v) is 6.01. The molecule has 5 rings (SSSR count). The molecule has 3 aromatic heterocycles. The Hall–Kier alpha value is -3.04. The summed E-state index contributed by atoms with van der Waals surface area (Å²) in [6, 6.07) is 0. The second kappa shape index (κ2) is 8.14. The van der Waals surface area contributed by atoms with E-state index in [1.807, 2.05) is 13.8 Å². The summed E-state index contributed by atoms with van der Waals surface area (Å²) in [4.78, 5) is 28.1. The zero-order valence-electron chi connectivity index (χ0n) is 17.6. The smallest absolute Gasteiger partial charge is 0.258 e. The highest BCUT2D eigenvalue weighted by molar-refractivity contribution is 6.28. The molecule has 0 unspecified atom stereocenters. The normalized spacial score (nSPS) is 16.8. The minimum Gasteiger partial charge on any atom is -0.417 e. The molecular weight excluding hydrogens is 437 g/mol. The van der Waals surface area contributed by atoms with E-state index in [1.54, 1.807) is 6.20 Å². The summed E-state index contributed by atoms with van der Waals surface area (Å²) in [6.07, 6.45) is 4.29. The van der Waals surface area contributed by atoms with Crippen molar-refractivity contribution in [3.8, 4) is 23.0 Å². The number of aromatic amines is 1. The van der Waals surface area contributed by atoms with Gasteiger partial charge in [-0.2, -0.15) is 4.98 Å². The number of aromatic nitrogens is 4. The maximum absolute atomic E-state index is 15.7. The van der Waals surface area contributed by atoms with Gasteiger partial charge < -0.3 is 19.8 Å². The molecule has 2 aliphatic rings. The average molecular weight is 458 g/mol. The largest absolute Gasteiger partial charge is 0.417 e. The molecule has 1 aliphatic heterocycles. The molecule has 0 aromatic carbocycles. The van der Waals surface area contributed by atoms with Crippen molar-refractivity contribution in [1.82, 2.24) is 25.3 Å². The van der Waals surface area contributed by atoms with Gasteiger partial charge in [-0.05, 0) is 42.5 Å². The van der Waals surface area contributed by atoms with Crippen molar-refractivity contribution < 1.29 is 18.7 Å². The predicted molar refractivity (Wildman–Crippen MR) is 115 cm³/mol. The lowest BCUT2D eigenvalue weighted by atomic mass is 9.87. The summed E-state index contributed by atoms with van der Waals surface area (Å²) in [6.45, 7) is 5.10. The molecule has 0 bridgehead atoms. The van der Waals surface area contributed by atoms with Gasteiger partial charge in [-0.25, -0.2) is 14.4 Å². The molecule has 0 saturated carbocycles. The zero-order valence-corrected chi connectivity index (χ0v) is 18.3. The molecule has 1 aliphatic carbocycles. The Balaban J connectivity index is 1.58. The van der Waals surface area contributed by atoms with Crippen LogP contribution in [-0.2, 0) is 24.2 Å². The first kappa shape index (κ1) is 20.8. The number of carbonyl (C=O) groups excluding carboxylic acids is 1. The highest BCUT2D eigenvalue weighted by atomic mass is 35.5. The van der Waals surface area contributed by atoms with E-state index >= 15 is 4.39 Å². The van der Waals surface area contributed by atoms with Gasteiger partial charge in [-0.3, -0.25) is 4.79 Å². The maximum Gasteiger partial charge on any atom is 0.258 e. The van der Waals surface area contributed by atoms with Crippen LogP contribution in [0.5, 0.6) is 11.8 Å². The topological polar surface area (TPSA) is 102 Å². The van der Waals surface area contributed by atoms with Crippen molar-refractivity contribution >= 4 is 17.5 Å². The zero-order chi connectivity index (χ0) is 22.4. The number of nitrogens with one attached hydrogen (secondary N) is 2. The van der Waals surface area contributed by atoms with Crippen LogP contribution in [-0.4, -0.2) is 39.0 Å². The van der Waals surface area contributed by atoms with E-state index in [2.05, 4.69) is 25.3 Å². The summed E-state index contributed by atoms with van der Waals surface area (Å²) in [7, 11) is 0. The lowest BCUT2D eigenvalue weighted by molar-refractivity contribution is 0.0940. The van der Waals surface area contributed by atoms with E-state index in [1.165, 1.54) is 6.20 Å². The molecule has 32 heavy (non-hydrogen) atoms. The number of carbonyl (C=O) groups is 1. The van der Waals surface area contributed by atoms with E-state index in [4.69, 9.17) is 21.1 Å². The minimum absolute atomic E-state index is 0.0297. The first-order valence-electron chi connectivity index (χ1n) is 10.5. The highest BCUT2D eigenvalue weighted by Crippen LogP contribution is 2.42. The van der Waals surface area contributed by atoms with Gasteiger partial charge in [0.05, 0.1) is 23.4 Å². The van der Waals surface area contributed by atoms with Gasteiger partial charge in [0, 0.05) is 42.7 Å². The first-order chi connectivity index (χ1) is 15.5. The third kappa shape index (κ3) is 3.41. The SMILES string of the molecule is CCOCc1cnc(Cl)nc1Oc1ncc2c(c1F)-c1[nH]c3c(c1CC2)C(=O)NC[C@H]3C. The predicted octanol–water partition coefficient (Wildman–Crippen LogP) is 3.93. The summed E-state index contributed by atoms with van der Waals surface area (Å²) in [5.74, 6) is -0.774. The molecule has 4 heterocycles. The van der Waals surface area contributed by atoms with Crippen LogP contribution in [0.2, 0.25) is 5.28 Å². The van der Waals surface area contributed by atoms with Crippen molar-refractivity contribution in [2.45, 2.75) is 39.2 Å². The summed E-state index contributed by atoms with van der Waals surface area (Å²) in [5.41, 5.74) is 4.56. The fourth-order valence-corrected chi connectivity index (χ4v) is 4.37. The molecule has 0 saturated heterocycles. The fourth-order valence-electron chi connectivity index (χ4n) is 4.25. The van der Waals surface area contributed by atoms with Crippen molar-refractivity contribution in [2.75, 3.05) is 13.2 Å². The second-order valence-corrected chi connectivity index (χ2v) is 8.20. The Morgan fingerprint density at radius 3 is 2.88 bits per heavy atom. The average Bonchev–Trinajstić information content (AvgIpc) is 3.18. The molecule has 0 spiro atoms. The van der Waals surface area contributed by atoms with Crippen LogP contribution in [0.15, 0.2) is 12.4 Å². The Bertz CT molecular complexity index is 1230. The highest BCUT2D eigenvalue weighted by Gasteiger charge is 2.34. The van der Waals surface area contributed by atoms with Crippen LogP contribution in [0.3, 0.4) is 0 Å². The van der Waals surface area contributed by atoms with Crippen LogP contribution in [0, 0.1) is 5.82 Å². The molecule has 2 N–H and O–H groups in total. The number of pyridine rings is 1. The van der Waals surface area contributed by atoms with Gasteiger partial charge in [-0.1, -0.05) is 6.92 Å². The van der Waals surface area contributed by atoms with Gasteiger partial charge >= 0.3 is 0 Å². The Morgan fingerprint density at radius 1 is 1.22 bits per heavy atom. The Kier molecular flexibility index (Phi) is 5.30. The number of amides is 1. The lowest BCUT2D eigenvalue weighted by Gasteiger charge is -2.21. The Labute approximate surface area is 188 Å². The van der Waals surface area contributed by atoms with Crippen LogP contribution in [0.1, 0.15) is 52.5 Å². The number of nitrogens with zero attached hydrogens (tertiary/aromatic N) is 3. The maximum atomic E-state index is 15.7. The van der Waals surface area contributed by atoms with Gasteiger partial charge in [0.15, 0.2) is 5.82 Å². The van der Waals surface area contributed by atoms with E-state index in [0.717, 1.165) is 16.8 Å². The number of hydrogen-bond donors (Lipinski definition) is 2. The molecule has 1 amide bonds. The molecule has 0 radical (unpaired) electrons. The van der Waals surface area contributed by atoms with Gasteiger partial charge in [0.2, 0.25) is 11.2 Å². The fraction of sp³-hybridized carbons (Fsp3) is 0.364. The molecule has 1 atom stereocenters. The van der Waals surface area contributed by atoms with E-state index in [9.17, 15) is 4.79 Å². The molecule has 0 fully saturated rings. The molecule has 166 valence electrons. The van der Waals surface area contributed by atoms with Gasteiger partial charge in [0.1, 0.15) is 0 Å². The summed E-state index contributed by atoms with van der Waals surface area (Å²) < 4.78 is 26.9. The molecule has 10 heteroatoms. The summed E-state index contributed by atoms with van der Waals surface area (Å²) >= 11 is 5.92. The van der Waals surface area contributed by atoms with Crippen molar-refractivity contribution in [2.24, 2.45) is 0 Å². The molecular formula is C22H21ClFN5O3. The van der Waals surface area contributed by atoms with Crippen LogP contribution in [0.4, 0.5) is 4.39 Å². The number of halogens is 2. The summed E-state index contributed by atoms with van der Waals surface area (Å²) in [5, 5.41) is 2.88. The second-order valence-electron chi connectivity index (χ2n) is 7.86.